The van der Waals surface area contributed by atoms with Crippen molar-refractivity contribution >= 4 is 15.9 Å². The van der Waals surface area contributed by atoms with Gasteiger partial charge in [0.2, 0.25) is 15.9 Å². The number of rotatable bonds is 6. The summed E-state index contributed by atoms with van der Waals surface area (Å²) in [5.74, 6) is 0.690. The van der Waals surface area contributed by atoms with Gasteiger partial charge >= 0.3 is 0 Å². The zero-order valence-corrected chi connectivity index (χ0v) is 23.5. The largest absolute Gasteiger partial charge is 0.389 e. The van der Waals surface area contributed by atoms with E-state index >= 15 is 0 Å². The summed E-state index contributed by atoms with van der Waals surface area (Å²) in [6.45, 7) is 3.46. The van der Waals surface area contributed by atoms with Crippen LogP contribution >= 0.6 is 0 Å². The summed E-state index contributed by atoms with van der Waals surface area (Å²) in [4.78, 5) is 15.4. The molecule has 3 aliphatic heterocycles. The number of aliphatic hydroxyl groups is 1. The first-order valence-corrected chi connectivity index (χ1v) is 15.6. The lowest BCUT2D eigenvalue weighted by molar-refractivity contribution is -0.152. The van der Waals surface area contributed by atoms with Crippen LogP contribution in [-0.4, -0.2) is 85.8 Å². The van der Waals surface area contributed by atoms with Gasteiger partial charge in [-0.05, 0) is 62.1 Å². The van der Waals surface area contributed by atoms with Crippen molar-refractivity contribution in [2.24, 2.45) is 5.92 Å². The van der Waals surface area contributed by atoms with E-state index in [1.165, 1.54) is 9.87 Å². The zero-order chi connectivity index (χ0) is 27.4. The number of hydrogen-bond donors (Lipinski definition) is 1. The Kier molecular flexibility index (Phi) is 9.03. The molecule has 0 saturated carbocycles. The van der Waals surface area contributed by atoms with E-state index in [1.807, 2.05) is 17.0 Å². The number of ether oxygens (including phenoxy) is 2. The second-order valence-electron chi connectivity index (χ2n) is 11.2. The first kappa shape index (κ1) is 28.2. The van der Waals surface area contributed by atoms with Gasteiger partial charge in [-0.2, -0.15) is 4.31 Å². The summed E-state index contributed by atoms with van der Waals surface area (Å²) < 4.78 is 40.9. The van der Waals surface area contributed by atoms with E-state index in [9.17, 15) is 18.3 Å². The molecule has 9 heteroatoms. The number of piperidine rings is 1. The maximum Gasteiger partial charge on any atom is 0.243 e. The molecule has 5 rings (SSSR count). The maximum absolute atomic E-state index is 13.7. The number of aliphatic hydroxyl groups excluding tert-OH is 1. The Morgan fingerprint density at radius 3 is 2.44 bits per heavy atom. The molecule has 2 aromatic carbocycles. The van der Waals surface area contributed by atoms with Crippen LogP contribution in [0.4, 0.5) is 0 Å². The predicted molar refractivity (Wildman–Crippen MR) is 148 cm³/mol. The van der Waals surface area contributed by atoms with Crippen LogP contribution in [0.5, 0.6) is 0 Å². The first-order valence-electron chi connectivity index (χ1n) is 14.1. The van der Waals surface area contributed by atoms with Crippen molar-refractivity contribution in [3.63, 3.8) is 0 Å². The van der Waals surface area contributed by atoms with Crippen molar-refractivity contribution in [1.29, 1.82) is 0 Å². The van der Waals surface area contributed by atoms with Crippen molar-refractivity contribution in [3.05, 3.63) is 65.7 Å². The molecule has 3 aliphatic rings. The molecule has 3 saturated heterocycles. The maximum atomic E-state index is 13.7. The normalized spacial score (nSPS) is 27.4. The predicted octanol–water partition coefficient (Wildman–Crippen LogP) is 3.16. The van der Waals surface area contributed by atoms with Gasteiger partial charge in [0.05, 0.1) is 48.9 Å². The van der Waals surface area contributed by atoms with Crippen LogP contribution in [0, 0.1) is 12.8 Å². The molecular formula is C30H40N2O6S. The Hall–Kier alpha value is -2.30. The van der Waals surface area contributed by atoms with Crippen LogP contribution in [0.3, 0.4) is 0 Å². The molecule has 0 bridgehead atoms. The fourth-order valence-electron chi connectivity index (χ4n) is 6.20. The molecule has 3 heterocycles. The van der Waals surface area contributed by atoms with Gasteiger partial charge in [0.25, 0.3) is 0 Å². The van der Waals surface area contributed by atoms with Crippen LogP contribution in [0.1, 0.15) is 43.2 Å². The number of amides is 1. The number of likely N-dealkylation sites (tertiary alicyclic amines) is 1. The molecule has 0 spiro atoms. The second kappa shape index (κ2) is 12.5. The minimum absolute atomic E-state index is 0.0356. The molecule has 1 N–H and O–H groups in total. The SMILES string of the molecule is Cc1ccccc1S(=O)(=O)N1C[C@H](O)COC[C@H]2O[C@H](CC(=O)N3CCC(Cc4ccccc4)CC3)CC[C@@H]21. The Balaban J connectivity index is 1.20. The van der Waals surface area contributed by atoms with Crippen molar-refractivity contribution in [1.82, 2.24) is 9.21 Å². The minimum Gasteiger partial charge on any atom is -0.389 e. The van der Waals surface area contributed by atoms with Crippen molar-refractivity contribution in [3.8, 4) is 0 Å². The monoisotopic (exact) mass is 556 g/mol. The van der Waals surface area contributed by atoms with Crippen LogP contribution < -0.4 is 0 Å². The van der Waals surface area contributed by atoms with E-state index in [4.69, 9.17) is 9.47 Å². The van der Waals surface area contributed by atoms with Crippen LogP contribution in [0.2, 0.25) is 0 Å². The minimum atomic E-state index is -3.86. The van der Waals surface area contributed by atoms with E-state index in [1.54, 1.807) is 25.1 Å². The summed E-state index contributed by atoms with van der Waals surface area (Å²) in [5, 5.41) is 10.4. The Labute approximate surface area is 232 Å². The highest BCUT2D eigenvalue weighted by molar-refractivity contribution is 7.89. The molecule has 4 atom stereocenters. The first-order chi connectivity index (χ1) is 18.8. The van der Waals surface area contributed by atoms with Crippen molar-refractivity contribution in [2.75, 3.05) is 32.8 Å². The molecule has 3 fully saturated rings. The molecule has 0 unspecified atom stereocenters. The number of sulfonamides is 1. The van der Waals surface area contributed by atoms with Gasteiger partial charge < -0.3 is 19.5 Å². The van der Waals surface area contributed by atoms with Gasteiger partial charge in [-0.25, -0.2) is 8.42 Å². The number of aryl methyl sites for hydroxylation is 1. The number of carbonyl (C=O) groups is 1. The van der Waals surface area contributed by atoms with E-state index in [-0.39, 0.29) is 36.7 Å². The molecule has 1 amide bonds. The summed E-state index contributed by atoms with van der Waals surface area (Å²) in [6.07, 6.45) is 2.76. The number of carbonyl (C=O) groups excluding carboxylic acids is 1. The van der Waals surface area contributed by atoms with E-state index in [0.29, 0.717) is 30.7 Å². The van der Waals surface area contributed by atoms with Crippen molar-refractivity contribution < 1.29 is 27.8 Å². The summed E-state index contributed by atoms with van der Waals surface area (Å²) in [5.41, 5.74) is 2.01. The fraction of sp³-hybridized carbons (Fsp3) is 0.567. The molecule has 0 radical (unpaired) electrons. The Bertz CT molecular complexity index is 1210. The van der Waals surface area contributed by atoms with E-state index in [2.05, 4.69) is 24.3 Å². The zero-order valence-electron chi connectivity index (χ0n) is 22.7. The number of β-amino-alcohol motifs (C(OH)–C–C–N with tert-alkyl or cyclic N) is 1. The van der Waals surface area contributed by atoms with Gasteiger partial charge in [0, 0.05) is 19.6 Å². The molecule has 39 heavy (non-hydrogen) atoms. The van der Waals surface area contributed by atoms with Crippen LogP contribution in [-0.2, 0) is 30.7 Å². The quantitative estimate of drug-likeness (QED) is 0.587. The highest BCUT2D eigenvalue weighted by Crippen LogP contribution is 2.33. The summed E-state index contributed by atoms with van der Waals surface area (Å²) in [6, 6.07) is 16.9. The average Bonchev–Trinajstić information content (AvgIpc) is 2.92. The van der Waals surface area contributed by atoms with Crippen molar-refractivity contribution in [2.45, 2.75) is 74.7 Å². The van der Waals surface area contributed by atoms with E-state index in [0.717, 1.165) is 32.4 Å². The number of fused-ring (bicyclic) bond motifs is 1. The van der Waals surface area contributed by atoms with E-state index < -0.39 is 28.3 Å². The van der Waals surface area contributed by atoms with Gasteiger partial charge in [0.15, 0.2) is 0 Å². The smallest absolute Gasteiger partial charge is 0.243 e. The third-order valence-electron chi connectivity index (χ3n) is 8.35. The Morgan fingerprint density at radius 2 is 1.69 bits per heavy atom. The second-order valence-corrected chi connectivity index (χ2v) is 13.0. The number of hydrogen-bond acceptors (Lipinski definition) is 6. The highest BCUT2D eigenvalue weighted by atomic mass is 32.2. The lowest BCUT2D eigenvalue weighted by Crippen LogP contribution is -2.57. The topological polar surface area (TPSA) is 96.4 Å². The third-order valence-corrected chi connectivity index (χ3v) is 10.4. The lowest BCUT2D eigenvalue weighted by atomic mass is 9.90. The molecule has 0 aliphatic carbocycles. The lowest BCUT2D eigenvalue weighted by Gasteiger charge is -2.44. The van der Waals surface area contributed by atoms with Gasteiger partial charge in [-0.15, -0.1) is 0 Å². The third kappa shape index (κ3) is 6.72. The standard InChI is InChI=1S/C30H40N2O6S/c1-22-7-5-6-10-29(22)39(35,36)32-19-25(33)20-37-21-28-27(32)12-11-26(38-28)18-30(34)31-15-13-24(14-16-31)17-23-8-3-2-4-9-23/h2-10,24-28,33H,11-21H2,1H3/t25-,26-,27-,28+/m0/s1. The number of benzene rings is 2. The Morgan fingerprint density at radius 1 is 0.974 bits per heavy atom. The van der Waals surface area contributed by atoms with Gasteiger partial charge in [-0.3, -0.25) is 4.79 Å². The molecule has 8 nitrogen and oxygen atoms in total. The van der Waals surface area contributed by atoms with Crippen LogP contribution in [0.25, 0.3) is 0 Å². The average molecular weight is 557 g/mol. The fourth-order valence-corrected chi connectivity index (χ4v) is 8.14. The van der Waals surface area contributed by atoms with Crippen LogP contribution in [0.15, 0.2) is 59.5 Å². The molecule has 2 aromatic rings. The molecular weight excluding hydrogens is 516 g/mol. The highest BCUT2D eigenvalue weighted by Gasteiger charge is 2.43. The van der Waals surface area contributed by atoms with Gasteiger partial charge in [0.1, 0.15) is 0 Å². The number of nitrogens with zero attached hydrogens (tertiary/aromatic N) is 2. The van der Waals surface area contributed by atoms with Gasteiger partial charge in [-0.1, -0.05) is 48.5 Å². The summed E-state index contributed by atoms with van der Waals surface area (Å²) in [7, 11) is -3.86. The molecule has 212 valence electrons. The molecule has 0 aromatic heterocycles. The summed E-state index contributed by atoms with van der Waals surface area (Å²) >= 11 is 0.